The van der Waals surface area contributed by atoms with Crippen LogP contribution in [0, 0.1) is 23.7 Å². The second-order valence-electron chi connectivity index (χ2n) is 10.8. The van der Waals surface area contributed by atoms with Crippen LogP contribution >= 0.6 is 0 Å². The van der Waals surface area contributed by atoms with Crippen molar-refractivity contribution in [2.75, 3.05) is 26.2 Å². The van der Waals surface area contributed by atoms with Gasteiger partial charge in [0.05, 0.1) is 6.61 Å². The van der Waals surface area contributed by atoms with Crippen LogP contribution in [0.25, 0.3) is 0 Å². The summed E-state index contributed by atoms with van der Waals surface area (Å²) in [5, 5.41) is 6.29. The number of urea groups is 1. The molecule has 1 atom stereocenters. The first-order chi connectivity index (χ1) is 15.6. The molecule has 5 fully saturated rings. The molecule has 6 rings (SSSR count). The lowest BCUT2D eigenvalue weighted by molar-refractivity contribution is -0.133. The maximum Gasteiger partial charge on any atom is 0.315 e. The molecule has 6 heteroatoms. The maximum absolute atomic E-state index is 12.7. The van der Waals surface area contributed by atoms with E-state index in [2.05, 4.69) is 10.6 Å². The Bertz CT molecular complexity index is 777. The number of carbonyl (C=O) groups excluding carboxylic acids is 2. The van der Waals surface area contributed by atoms with Gasteiger partial charge < -0.3 is 20.3 Å². The number of nitrogens with zero attached hydrogens (tertiary/aromatic N) is 1. The highest BCUT2D eigenvalue weighted by atomic mass is 16.5. The van der Waals surface area contributed by atoms with Crippen molar-refractivity contribution >= 4 is 11.9 Å². The molecule has 3 amide bonds. The summed E-state index contributed by atoms with van der Waals surface area (Å²) in [6.45, 7) is 2.59. The number of amides is 3. The van der Waals surface area contributed by atoms with E-state index < -0.39 is 0 Å². The highest BCUT2D eigenvalue weighted by Gasteiger charge is 2.51. The van der Waals surface area contributed by atoms with Gasteiger partial charge in [0.2, 0.25) is 5.91 Å². The maximum atomic E-state index is 12.7. The highest BCUT2D eigenvalue weighted by Crippen LogP contribution is 2.55. The number of rotatable bonds is 7. The second kappa shape index (κ2) is 9.32. The molecular formula is C26H37N3O3. The van der Waals surface area contributed by atoms with E-state index in [0.717, 1.165) is 68.7 Å². The van der Waals surface area contributed by atoms with Gasteiger partial charge in [0.1, 0.15) is 5.75 Å². The fraction of sp³-hybridized carbons (Fsp3) is 0.692. The molecule has 5 aliphatic rings. The zero-order valence-electron chi connectivity index (χ0n) is 19.1. The minimum atomic E-state index is -0.0902. The Hall–Kier alpha value is -2.24. The normalized spacial score (nSPS) is 33.1. The monoisotopic (exact) mass is 439 g/mol. The Kier molecular flexibility index (Phi) is 6.29. The number of nitrogens with one attached hydrogen (secondary N) is 2. The van der Waals surface area contributed by atoms with Gasteiger partial charge in [-0.15, -0.1) is 0 Å². The molecule has 0 aromatic heterocycles. The predicted molar refractivity (Wildman–Crippen MR) is 123 cm³/mol. The standard InChI is InChI=1S/C26H37N3O3/c30-24(29-10-4-5-19(17-29)18-32-23-6-2-1-3-7-23)8-9-27-25(31)28-26-14-20-11-21(15-26)13-22(12-20)16-26/h1-3,6-7,19-22H,4-5,8-18H2,(H2,27,28,31). The molecule has 2 N–H and O–H groups in total. The first kappa shape index (κ1) is 21.6. The average molecular weight is 440 g/mol. The fourth-order valence-corrected chi connectivity index (χ4v) is 7.15. The summed E-state index contributed by atoms with van der Waals surface area (Å²) in [6.07, 6.45) is 9.99. The van der Waals surface area contributed by atoms with Crippen LogP contribution in [0.2, 0.25) is 0 Å². The van der Waals surface area contributed by atoms with Crippen LogP contribution in [0.1, 0.15) is 57.8 Å². The Morgan fingerprint density at radius 3 is 2.41 bits per heavy atom. The molecule has 1 aromatic rings. The quantitative estimate of drug-likeness (QED) is 0.676. The number of piperidine rings is 1. The third kappa shape index (κ3) is 5.05. The summed E-state index contributed by atoms with van der Waals surface area (Å²) in [4.78, 5) is 27.3. The minimum absolute atomic E-state index is 0.0156. The number of ether oxygens (including phenoxy) is 1. The van der Waals surface area contributed by atoms with Crippen LogP contribution < -0.4 is 15.4 Å². The molecule has 1 heterocycles. The molecule has 4 aliphatic carbocycles. The third-order valence-electron chi connectivity index (χ3n) is 8.14. The number of likely N-dealkylation sites (tertiary alicyclic amines) is 1. The van der Waals surface area contributed by atoms with Crippen molar-refractivity contribution in [3.05, 3.63) is 30.3 Å². The molecule has 6 nitrogen and oxygen atoms in total. The first-order valence-corrected chi connectivity index (χ1v) is 12.6. The van der Waals surface area contributed by atoms with E-state index in [1.165, 1.54) is 19.3 Å². The van der Waals surface area contributed by atoms with E-state index in [0.29, 0.717) is 25.5 Å². The number of hydrogen-bond acceptors (Lipinski definition) is 3. The molecule has 1 saturated heterocycles. The van der Waals surface area contributed by atoms with Gasteiger partial charge in [-0.3, -0.25) is 4.79 Å². The molecule has 4 saturated carbocycles. The molecule has 1 aliphatic heterocycles. The number of carbonyl (C=O) groups is 2. The van der Waals surface area contributed by atoms with Gasteiger partial charge in [0.15, 0.2) is 0 Å². The van der Waals surface area contributed by atoms with Crippen molar-refractivity contribution in [2.45, 2.75) is 63.3 Å². The van der Waals surface area contributed by atoms with E-state index in [-0.39, 0.29) is 17.5 Å². The Morgan fingerprint density at radius 1 is 1.03 bits per heavy atom. The Labute approximate surface area is 191 Å². The molecular weight excluding hydrogens is 402 g/mol. The Balaban J connectivity index is 1.03. The topological polar surface area (TPSA) is 70.7 Å². The predicted octanol–water partition coefficient (Wildman–Crippen LogP) is 3.96. The van der Waals surface area contributed by atoms with Crippen LogP contribution in [-0.2, 0) is 4.79 Å². The van der Waals surface area contributed by atoms with E-state index in [9.17, 15) is 9.59 Å². The summed E-state index contributed by atoms with van der Waals surface area (Å²) in [5.74, 6) is 3.79. The summed E-state index contributed by atoms with van der Waals surface area (Å²) in [5.41, 5.74) is 0.0156. The van der Waals surface area contributed by atoms with Crippen LogP contribution in [0.4, 0.5) is 4.79 Å². The van der Waals surface area contributed by atoms with Crippen LogP contribution in [0.5, 0.6) is 5.75 Å². The zero-order valence-corrected chi connectivity index (χ0v) is 19.1. The number of hydrogen-bond donors (Lipinski definition) is 2. The van der Waals surface area contributed by atoms with E-state index in [1.807, 2.05) is 35.2 Å². The molecule has 0 radical (unpaired) electrons. The molecule has 1 unspecified atom stereocenters. The SMILES string of the molecule is O=C(NCCC(=O)N1CCCC(COc2ccccc2)C1)NC12CC3CC(CC(C3)C1)C2. The fourth-order valence-electron chi connectivity index (χ4n) is 7.15. The molecule has 1 aromatic carbocycles. The van der Waals surface area contributed by atoms with Gasteiger partial charge in [-0.2, -0.15) is 0 Å². The lowest BCUT2D eigenvalue weighted by Crippen LogP contribution is -2.61. The minimum Gasteiger partial charge on any atom is -0.493 e. The first-order valence-electron chi connectivity index (χ1n) is 12.6. The summed E-state index contributed by atoms with van der Waals surface area (Å²) >= 11 is 0. The van der Waals surface area contributed by atoms with Crippen molar-refractivity contribution in [3.63, 3.8) is 0 Å². The zero-order chi connectivity index (χ0) is 22.0. The number of para-hydroxylation sites is 1. The van der Waals surface area contributed by atoms with Crippen molar-refractivity contribution in [1.29, 1.82) is 0 Å². The van der Waals surface area contributed by atoms with E-state index in [4.69, 9.17) is 4.74 Å². The van der Waals surface area contributed by atoms with Crippen LogP contribution in [0.15, 0.2) is 30.3 Å². The van der Waals surface area contributed by atoms with Crippen LogP contribution in [-0.4, -0.2) is 48.6 Å². The van der Waals surface area contributed by atoms with Gasteiger partial charge in [0.25, 0.3) is 0 Å². The van der Waals surface area contributed by atoms with Crippen molar-refractivity contribution < 1.29 is 14.3 Å². The average Bonchev–Trinajstić information content (AvgIpc) is 2.77. The van der Waals surface area contributed by atoms with E-state index >= 15 is 0 Å². The smallest absolute Gasteiger partial charge is 0.315 e. The summed E-state index contributed by atoms with van der Waals surface area (Å²) in [7, 11) is 0. The lowest BCUT2D eigenvalue weighted by Gasteiger charge is -2.56. The molecule has 174 valence electrons. The summed E-state index contributed by atoms with van der Waals surface area (Å²) in [6, 6.07) is 9.76. The van der Waals surface area contributed by atoms with E-state index in [1.54, 1.807) is 0 Å². The summed E-state index contributed by atoms with van der Waals surface area (Å²) < 4.78 is 5.90. The van der Waals surface area contributed by atoms with Crippen molar-refractivity contribution in [1.82, 2.24) is 15.5 Å². The lowest BCUT2D eigenvalue weighted by atomic mass is 9.53. The Morgan fingerprint density at radius 2 is 1.72 bits per heavy atom. The molecule has 0 spiro atoms. The van der Waals surface area contributed by atoms with Gasteiger partial charge in [0, 0.05) is 37.5 Å². The van der Waals surface area contributed by atoms with Crippen molar-refractivity contribution in [3.8, 4) is 5.75 Å². The van der Waals surface area contributed by atoms with Crippen molar-refractivity contribution in [2.24, 2.45) is 23.7 Å². The second-order valence-corrected chi connectivity index (χ2v) is 10.8. The van der Waals surface area contributed by atoms with Gasteiger partial charge in [-0.1, -0.05) is 18.2 Å². The van der Waals surface area contributed by atoms with Crippen LogP contribution in [0.3, 0.4) is 0 Å². The number of benzene rings is 1. The molecule has 32 heavy (non-hydrogen) atoms. The highest BCUT2D eigenvalue weighted by molar-refractivity contribution is 5.78. The molecule has 4 bridgehead atoms. The van der Waals surface area contributed by atoms with Gasteiger partial charge >= 0.3 is 6.03 Å². The largest absolute Gasteiger partial charge is 0.493 e. The van der Waals surface area contributed by atoms with Gasteiger partial charge in [-0.25, -0.2) is 4.79 Å². The third-order valence-corrected chi connectivity index (χ3v) is 8.14. The van der Waals surface area contributed by atoms with Gasteiger partial charge in [-0.05, 0) is 81.3 Å².